The monoisotopic (exact) mass is 198 g/mol. The zero-order valence-electron chi connectivity index (χ0n) is 8.00. The Morgan fingerprint density at radius 3 is 2.31 bits per heavy atom. The van der Waals surface area contributed by atoms with Crippen molar-refractivity contribution in [1.29, 1.82) is 0 Å². The first kappa shape index (κ1) is 10.6. The van der Waals surface area contributed by atoms with Gasteiger partial charge in [-0.1, -0.05) is 44.2 Å². The lowest BCUT2D eigenvalue weighted by Gasteiger charge is -2.28. The number of rotatable bonds is 3. The van der Waals surface area contributed by atoms with Gasteiger partial charge in [-0.3, -0.25) is 0 Å². The van der Waals surface area contributed by atoms with Crippen LogP contribution in [0.3, 0.4) is 0 Å². The molecule has 1 aromatic rings. The Morgan fingerprint density at radius 2 is 1.85 bits per heavy atom. The molecule has 0 spiro atoms. The van der Waals surface area contributed by atoms with Gasteiger partial charge in [-0.2, -0.15) is 0 Å². The molecule has 0 saturated carbocycles. The normalized spacial score (nSPS) is 14.2. The molecular formula is C11H15ClO. The third-order valence-electron chi connectivity index (χ3n) is 2.20. The van der Waals surface area contributed by atoms with Crippen molar-refractivity contribution in [3.05, 3.63) is 35.9 Å². The minimum absolute atomic E-state index is 0.275. The van der Waals surface area contributed by atoms with Crippen molar-refractivity contribution in [3.63, 3.8) is 0 Å². The van der Waals surface area contributed by atoms with Crippen molar-refractivity contribution < 1.29 is 5.11 Å². The largest absolute Gasteiger partial charge is 0.388 e. The quantitative estimate of drug-likeness (QED) is 0.741. The number of halogens is 1. The van der Waals surface area contributed by atoms with E-state index in [1.165, 1.54) is 0 Å². The molecule has 0 fully saturated rings. The van der Waals surface area contributed by atoms with Crippen LogP contribution in [0.5, 0.6) is 0 Å². The van der Waals surface area contributed by atoms with Crippen LogP contribution in [0, 0.1) is 5.41 Å². The van der Waals surface area contributed by atoms with E-state index in [0.717, 1.165) is 5.56 Å². The maximum absolute atomic E-state index is 9.96. The summed E-state index contributed by atoms with van der Waals surface area (Å²) in [6.45, 7) is 3.91. The van der Waals surface area contributed by atoms with Crippen LogP contribution in [0.2, 0.25) is 0 Å². The van der Waals surface area contributed by atoms with E-state index in [1.807, 2.05) is 44.2 Å². The Morgan fingerprint density at radius 1 is 1.31 bits per heavy atom. The molecule has 0 aliphatic rings. The van der Waals surface area contributed by atoms with E-state index in [2.05, 4.69) is 0 Å². The zero-order chi connectivity index (χ0) is 9.90. The average Bonchev–Trinajstić information content (AvgIpc) is 2.18. The highest BCUT2D eigenvalue weighted by Gasteiger charge is 2.27. The van der Waals surface area contributed by atoms with Crippen molar-refractivity contribution in [1.82, 2.24) is 0 Å². The highest BCUT2D eigenvalue weighted by Crippen LogP contribution is 2.33. The number of hydrogen-bond acceptors (Lipinski definition) is 1. The minimum Gasteiger partial charge on any atom is -0.388 e. The minimum atomic E-state index is -0.494. The number of aliphatic hydroxyl groups excluding tert-OH is 1. The summed E-state index contributed by atoms with van der Waals surface area (Å²) in [4.78, 5) is 0. The maximum Gasteiger partial charge on any atom is 0.0852 e. The fourth-order valence-corrected chi connectivity index (χ4v) is 1.31. The van der Waals surface area contributed by atoms with Crippen LogP contribution in [0.4, 0.5) is 0 Å². The van der Waals surface area contributed by atoms with E-state index in [4.69, 9.17) is 11.6 Å². The number of hydrogen-bond donors (Lipinski definition) is 1. The van der Waals surface area contributed by atoms with Gasteiger partial charge in [0.05, 0.1) is 6.10 Å². The van der Waals surface area contributed by atoms with Gasteiger partial charge in [0.1, 0.15) is 0 Å². The molecule has 0 heterocycles. The molecule has 0 saturated heterocycles. The Kier molecular flexibility index (Phi) is 3.34. The van der Waals surface area contributed by atoms with Gasteiger partial charge in [0.2, 0.25) is 0 Å². The lowest BCUT2D eigenvalue weighted by atomic mass is 9.85. The summed E-state index contributed by atoms with van der Waals surface area (Å²) in [5.74, 6) is 0.447. The van der Waals surface area contributed by atoms with E-state index >= 15 is 0 Å². The van der Waals surface area contributed by atoms with Gasteiger partial charge in [-0.05, 0) is 5.56 Å². The van der Waals surface area contributed by atoms with Crippen molar-refractivity contribution in [2.75, 3.05) is 5.88 Å². The van der Waals surface area contributed by atoms with Gasteiger partial charge in [-0.25, -0.2) is 0 Å². The standard InChI is InChI=1S/C11H15ClO/c1-11(2,8-12)10(13)9-6-4-3-5-7-9/h3-7,10,13H,8H2,1-2H3/t10-/m1/s1. The van der Waals surface area contributed by atoms with Gasteiger partial charge in [-0.15, -0.1) is 11.6 Å². The van der Waals surface area contributed by atoms with Crippen LogP contribution in [0.15, 0.2) is 30.3 Å². The van der Waals surface area contributed by atoms with Gasteiger partial charge in [0.25, 0.3) is 0 Å². The number of aliphatic hydroxyl groups is 1. The molecule has 1 N–H and O–H groups in total. The van der Waals surface area contributed by atoms with Crippen molar-refractivity contribution in [3.8, 4) is 0 Å². The summed E-state index contributed by atoms with van der Waals surface area (Å²) < 4.78 is 0. The Hall–Kier alpha value is -0.530. The second kappa shape index (κ2) is 4.12. The molecule has 1 aromatic carbocycles. The zero-order valence-corrected chi connectivity index (χ0v) is 8.75. The number of benzene rings is 1. The van der Waals surface area contributed by atoms with E-state index in [1.54, 1.807) is 0 Å². The molecule has 0 bridgehead atoms. The van der Waals surface area contributed by atoms with Crippen LogP contribution >= 0.6 is 11.6 Å². The molecule has 0 aliphatic carbocycles. The molecule has 0 aliphatic heterocycles. The fourth-order valence-electron chi connectivity index (χ4n) is 1.16. The third kappa shape index (κ3) is 2.45. The second-order valence-electron chi connectivity index (χ2n) is 3.94. The smallest absolute Gasteiger partial charge is 0.0852 e. The van der Waals surface area contributed by atoms with Crippen LogP contribution in [0.1, 0.15) is 25.5 Å². The molecule has 1 nitrogen and oxygen atoms in total. The Bertz CT molecular complexity index is 256. The molecule has 13 heavy (non-hydrogen) atoms. The molecule has 1 atom stereocenters. The van der Waals surface area contributed by atoms with E-state index in [0.29, 0.717) is 5.88 Å². The Labute approximate surface area is 84.4 Å². The third-order valence-corrected chi connectivity index (χ3v) is 2.89. The molecular weight excluding hydrogens is 184 g/mol. The molecule has 1 rings (SSSR count). The van der Waals surface area contributed by atoms with Crippen molar-refractivity contribution >= 4 is 11.6 Å². The van der Waals surface area contributed by atoms with Crippen molar-refractivity contribution in [2.24, 2.45) is 5.41 Å². The second-order valence-corrected chi connectivity index (χ2v) is 4.20. The lowest BCUT2D eigenvalue weighted by Crippen LogP contribution is -2.23. The molecule has 2 heteroatoms. The predicted molar refractivity (Wildman–Crippen MR) is 55.9 cm³/mol. The summed E-state index contributed by atoms with van der Waals surface area (Å²) >= 11 is 5.78. The molecule has 0 aromatic heterocycles. The summed E-state index contributed by atoms with van der Waals surface area (Å²) in [6.07, 6.45) is -0.494. The van der Waals surface area contributed by atoms with Crippen LogP contribution in [-0.2, 0) is 0 Å². The van der Waals surface area contributed by atoms with Crippen LogP contribution < -0.4 is 0 Å². The summed E-state index contributed by atoms with van der Waals surface area (Å²) in [5.41, 5.74) is 0.649. The van der Waals surface area contributed by atoms with Gasteiger partial charge >= 0.3 is 0 Å². The van der Waals surface area contributed by atoms with Gasteiger partial charge < -0.3 is 5.11 Å². The van der Waals surface area contributed by atoms with Gasteiger partial charge in [0, 0.05) is 11.3 Å². The molecule has 0 radical (unpaired) electrons. The summed E-state index contributed by atoms with van der Waals surface area (Å²) in [7, 11) is 0. The average molecular weight is 199 g/mol. The van der Waals surface area contributed by atoms with E-state index < -0.39 is 6.10 Å². The van der Waals surface area contributed by atoms with Crippen LogP contribution in [-0.4, -0.2) is 11.0 Å². The molecule has 72 valence electrons. The lowest BCUT2D eigenvalue weighted by molar-refractivity contribution is 0.0651. The SMILES string of the molecule is CC(C)(CCl)[C@H](O)c1ccccc1. The highest BCUT2D eigenvalue weighted by molar-refractivity contribution is 6.18. The Balaban J connectivity index is 2.85. The summed E-state index contributed by atoms with van der Waals surface area (Å²) in [5, 5.41) is 9.96. The van der Waals surface area contributed by atoms with E-state index in [9.17, 15) is 5.11 Å². The first-order chi connectivity index (χ1) is 6.08. The maximum atomic E-state index is 9.96. The predicted octanol–water partition coefficient (Wildman–Crippen LogP) is 2.99. The fraction of sp³-hybridized carbons (Fsp3) is 0.455. The van der Waals surface area contributed by atoms with Crippen molar-refractivity contribution in [2.45, 2.75) is 20.0 Å². The number of alkyl halides is 1. The summed E-state index contributed by atoms with van der Waals surface area (Å²) in [6, 6.07) is 9.60. The van der Waals surface area contributed by atoms with E-state index in [-0.39, 0.29) is 5.41 Å². The first-order valence-corrected chi connectivity index (χ1v) is 4.90. The highest BCUT2D eigenvalue weighted by atomic mass is 35.5. The molecule has 0 amide bonds. The van der Waals surface area contributed by atoms with Crippen LogP contribution in [0.25, 0.3) is 0 Å². The molecule has 0 unspecified atom stereocenters. The first-order valence-electron chi connectivity index (χ1n) is 4.37. The van der Waals surface area contributed by atoms with Gasteiger partial charge in [0.15, 0.2) is 0 Å². The topological polar surface area (TPSA) is 20.2 Å².